The Morgan fingerprint density at radius 1 is 1.22 bits per heavy atom. The lowest BCUT2D eigenvalue weighted by atomic mass is 10.1. The number of likely N-dealkylation sites (N-methyl/N-ethyl adjacent to an activating group) is 1. The van der Waals surface area contributed by atoms with Crippen molar-refractivity contribution in [3.63, 3.8) is 0 Å². The molecule has 6 nitrogen and oxygen atoms in total. The summed E-state index contributed by atoms with van der Waals surface area (Å²) < 4.78 is 0. The molecule has 0 atom stereocenters. The van der Waals surface area contributed by atoms with E-state index in [1.165, 1.54) is 5.56 Å². The number of amides is 1. The number of hydrogen-bond donors (Lipinski definition) is 2. The van der Waals surface area contributed by atoms with Crippen LogP contribution < -0.4 is 5.32 Å². The van der Waals surface area contributed by atoms with Crippen LogP contribution in [0.2, 0.25) is 0 Å². The molecule has 2 N–H and O–H groups in total. The highest BCUT2D eigenvalue weighted by atomic mass is 32.1. The normalized spacial score (nSPS) is 15.8. The summed E-state index contributed by atoms with van der Waals surface area (Å²) in [6.07, 6.45) is 0.859. The van der Waals surface area contributed by atoms with Gasteiger partial charge in [0.15, 0.2) is 0 Å². The fraction of sp³-hybridized carbons (Fsp3) is 0.500. The Morgan fingerprint density at radius 3 is 2.67 bits per heavy atom. The van der Waals surface area contributed by atoms with E-state index in [1.54, 1.807) is 11.3 Å². The lowest BCUT2D eigenvalue weighted by Crippen LogP contribution is -2.43. The van der Waals surface area contributed by atoms with Gasteiger partial charge in [0.05, 0.1) is 12.1 Å². The maximum Gasteiger partial charge on any atom is 0.226 e. The van der Waals surface area contributed by atoms with Crippen LogP contribution in [-0.2, 0) is 17.8 Å². The Morgan fingerprint density at radius 2 is 1.96 bits per heavy atom. The zero-order chi connectivity index (χ0) is 19.1. The number of aromatic nitrogens is 1. The summed E-state index contributed by atoms with van der Waals surface area (Å²) in [5.74, 6) is -0.0529. The fourth-order valence-corrected chi connectivity index (χ4v) is 3.90. The van der Waals surface area contributed by atoms with Gasteiger partial charge in [-0.15, -0.1) is 11.3 Å². The van der Waals surface area contributed by atoms with Gasteiger partial charge in [0, 0.05) is 56.8 Å². The lowest BCUT2D eigenvalue weighted by Gasteiger charge is -2.32. The quantitative estimate of drug-likeness (QED) is 0.673. The van der Waals surface area contributed by atoms with Crippen LogP contribution in [0.3, 0.4) is 0 Å². The molecule has 1 saturated heterocycles. The third-order valence-corrected chi connectivity index (χ3v) is 5.69. The Hall–Kier alpha value is -1.80. The molecule has 0 unspecified atom stereocenters. The molecule has 146 valence electrons. The van der Waals surface area contributed by atoms with Gasteiger partial charge in [-0.3, -0.25) is 9.69 Å². The molecule has 0 saturated carbocycles. The first-order chi connectivity index (χ1) is 13.1. The molecule has 2 aromatic rings. The van der Waals surface area contributed by atoms with Crippen LogP contribution in [0.5, 0.6) is 0 Å². The number of nitrogens with one attached hydrogen (secondary N) is 1. The molecule has 7 heteroatoms. The minimum atomic E-state index is -0.0529. The molecule has 0 radical (unpaired) electrons. The maximum absolute atomic E-state index is 11.9. The van der Waals surface area contributed by atoms with Crippen molar-refractivity contribution < 1.29 is 9.90 Å². The van der Waals surface area contributed by atoms with Crippen molar-refractivity contribution in [2.75, 3.05) is 46.4 Å². The number of aliphatic hydroxyl groups excluding tert-OH is 1. The van der Waals surface area contributed by atoms with E-state index in [9.17, 15) is 4.79 Å². The molecule has 0 spiro atoms. The molecule has 1 aromatic carbocycles. The van der Waals surface area contributed by atoms with Crippen LogP contribution >= 0.6 is 11.3 Å². The van der Waals surface area contributed by atoms with Crippen LogP contribution in [0, 0.1) is 0 Å². The van der Waals surface area contributed by atoms with Gasteiger partial charge in [0.2, 0.25) is 5.91 Å². The fourth-order valence-electron chi connectivity index (χ4n) is 3.07. The summed E-state index contributed by atoms with van der Waals surface area (Å²) >= 11 is 1.57. The third kappa shape index (κ3) is 6.10. The highest BCUT2D eigenvalue weighted by Gasteiger charge is 2.14. The lowest BCUT2D eigenvalue weighted by molar-refractivity contribution is -0.120. The van der Waals surface area contributed by atoms with E-state index in [4.69, 9.17) is 5.11 Å². The van der Waals surface area contributed by atoms with Crippen molar-refractivity contribution in [3.8, 4) is 10.6 Å². The molecule has 1 aromatic heterocycles. The standard InChI is InChI=1S/C20H28N4O2S/c1-23-8-10-24(11-9-23)14-16-3-5-17(6-4-16)20-22-18(15-27-20)13-19(26)21-7-2-12-25/h3-6,15,25H,2,7-14H2,1H3,(H,21,26). The number of carbonyl (C=O) groups is 1. The second kappa shape index (κ2) is 9.94. The number of aliphatic hydroxyl groups is 1. The smallest absolute Gasteiger partial charge is 0.226 e. The summed E-state index contributed by atoms with van der Waals surface area (Å²) in [5, 5.41) is 14.4. The summed E-state index contributed by atoms with van der Waals surface area (Å²) in [5.41, 5.74) is 3.20. The second-order valence-electron chi connectivity index (χ2n) is 7.02. The van der Waals surface area contributed by atoms with Crippen molar-refractivity contribution in [1.82, 2.24) is 20.1 Å². The first-order valence-corrected chi connectivity index (χ1v) is 10.3. The number of rotatable bonds is 8. The van der Waals surface area contributed by atoms with Gasteiger partial charge in [0.1, 0.15) is 5.01 Å². The number of carbonyl (C=O) groups excluding carboxylic acids is 1. The minimum Gasteiger partial charge on any atom is -0.396 e. The third-order valence-electron chi connectivity index (χ3n) is 4.75. The molecule has 27 heavy (non-hydrogen) atoms. The predicted molar refractivity (Wildman–Crippen MR) is 109 cm³/mol. The highest BCUT2D eigenvalue weighted by molar-refractivity contribution is 7.13. The van der Waals surface area contributed by atoms with Crippen LogP contribution in [0.4, 0.5) is 0 Å². The van der Waals surface area contributed by atoms with Gasteiger partial charge in [-0.05, 0) is 19.0 Å². The van der Waals surface area contributed by atoms with Crippen molar-refractivity contribution in [3.05, 3.63) is 40.9 Å². The molecular weight excluding hydrogens is 360 g/mol. The topological polar surface area (TPSA) is 68.7 Å². The van der Waals surface area contributed by atoms with Gasteiger partial charge in [-0.1, -0.05) is 24.3 Å². The summed E-state index contributed by atoms with van der Waals surface area (Å²) in [6, 6.07) is 8.59. The molecule has 1 aliphatic heterocycles. The van der Waals surface area contributed by atoms with Crippen molar-refractivity contribution >= 4 is 17.2 Å². The van der Waals surface area contributed by atoms with Gasteiger partial charge in [-0.2, -0.15) is 0 Å². The molecule has 2 heterocycles. The van der Waals surface area contributed by atoms with Gasteiger partial charge in [-0.25, -0.2) is 4.98 Å². The van der Waals surface area contributed by atoms with E-state index in [-0.39, 0.29) is 18.9 Å². The minimum absolute atomic E-state index is 0.0529. The first kappa shape index (κ1) is 19.9. The van der Waals surface area contributed by atoms with Gasteiger partial charge < -0.3 is 15.3 Å². The van der Waals surface area contributed by atoms with Crippen molar-refractivity contribution in [2.24, 2.45) is 0 Å². The maximum atomic E-state index is 11.9. The van der Waals surface area contributed by atoms with Gasteiger partial charge >= 0.3 is 0 Å². The van der Waals surface area contributed by atoms with Gasteiger partial charge in [0.25, 0.3) is 0 Å². The Bertz CT molecular complexity index is 724. The van der Waals surface area contributed by atoms with Crippen LogP contribution in [-0.4, -0.2) is 72.2 Å². The summed E-state index contributed by atoms with van der Waals surface area (Å²) in [7, 11) is 2.17. The first-order valence-electron chi connectivity index (χ1n) is 9.46. The van der Waals surface area contributed by atoms with Crippen LogP contribution in [0.1, 0.15) is 17.7 Å². The molecule has 0 bridgehead atoms. The zero-order valence-corrected chi connectivity index (χ0v) is 16.7. The predicted octanol–water partition coefficient (Wildman–Crippen LogP) is 1.60. The summed E-state index contributed by atoms with van der Waals surface area (Å²) in [4.78, 5) is 21.3. The molecule has 0 aliphatic carbocycles. The average Bonchev–Trinajstić information content (AvgIpc) is 3.13. The number of benzene rings is 1. The van der Waals surface area contributed by atoms with Crippen LogP contribution in [0.15, 0.2) is 29.6 Å². The molecular formula is C20H28N4O2S. The van der Waals surface area contributed by atoms with Crippen LogP contribution in [0.25, 0.3) is 10.6 Å². The second-order valence-corrected chi connectivity index (χ2v) is 7.88. The Balaban J connectivity index is 1.53. The Labute approximate surface area is 164 Å². The number of piperazine rings is 1. The monoisotopic (exact) mass is 388 g/mol. The van der Waals surface area contributed by atoms with E-state index in [0.717, 1.165) is 49.0 Å². The zero-order valence-electron chi connectivity index (χ0n) is 15.9. The molecule has 1 amide bonds. The highest BCUT2D eigenvalue weighted by Crippen LogP contribution is 2.24. The van der Waals surface area contributed by atoms with E-state index in [0.29, 0.717) is 13.0 Å². The molecule has 3 rings (SSSR count). The van der Waals surface area contributed by atoms with E-state index in [2.05, 4.69) is 51.4 Å². The average molecular weight is 389 g/mol. The van der Waals surface area contributed by atoms with E-state index < -0.39 is 0 Å². The largest absolute Gasteiger partial charge is 0.396 e. The molecule has 1 fully saturated rings. The molecule has 1 aliphatic rings. The number of thiazole rings is 1. The number of nitrogens with zero attached hydrogens (tertiary/aromatic N) is 3. The van der Waals surface area contributed by atoms with E-state index >= 15 is 0 Å². The number of hydrogen-bond acceptors (Lipinski definition) is 6. The summed E-state index contributed by atoms with van der Waals surface area (Å²) in [6.45, 7) is 6.09. The SMILES string of the molecule is CN1CCN(Cc2ccc(-c3nc(CC(=O)NCCCO)cs3)cc2)CC1. The van der Waals surface area contributed by atoms with E-state index in [1.807, 2.05) is 5.38 Å². The Kier molecular flexibility index (Phi) is 7.34. The van der Waals surface area contributed by atoms with Crippen molar-refractivity contribution in [2.45, 2.75) is 19.4 Å². The van der Waals surface area contributed by atoms with Crippen molar-refractivity contribution in [1.29, 1.82) is 0 Å².